The van der Waals surface area contributed by atoms with Gasteiger partial charge in [-0.2, -0.15) is 0 Å². The van der Waals surface area contributed by atoms with Gasteiger partial charge < -0.3 is 10.1 Å². The molecule has 0 radical (unpaired) electrons. The largest absolute Gasteiger partial charge is 0.380 e. The van der Waals surface area contributed by atoms with Gasteiger partial charge in [0.05, 0.1) is 6.61 Å². The van der Waals surface area contributed by atoms with Crippen LogP contribution in [0.25, 0.3) is 0 Å². The molecule has 1 aliphatic heterocycles. The Morgan fingerprint density at radius 3 is 2.47 bits per heavy atom. The zero-order valence-corrected chi connectivity index (χ0v) is 11.9. The highest BCUT2D eigenvalue weighted by Gasteiger charge is 2.16. The van der Waals surface area contributed by atoms with Gasteiger partial charge in [0.1, 0.15) is 0 Å². The predicted molar refractivity (Wildman–Crippen MR) is 73.4 cm³/mol. The average Bonchev–Trinajstić information content (AvgIpc) is 2.80. The first-order valence-electron chi connectivity index (χ1n) is 7.22. The van der Waals surface area contributed by atoms with Crippen molar-refractivity contribution in [3.63, 3.8) is 0 Å². The number of rotatable bonds is 9. The summed E-state index contributed by atoms with van der Waals surface area (Å²) in [5.74, 6) is 0.748. The molecule has 1 aliphatic rings. The number of hydrogen-bond donors (Lipinski definition) is 1. The van der Waals surface area contributed by atoms with Crippen LogP contribution in [-0.4, -0.2) is 50.3 Å². The van der Waals surface area contributed by atoms with Crippen molar-refractivity contribution in [3.8, 4) is 0 Å². The molecule has 3 nitrogen and oxygen atoms in total. The summed E-state index contributed by atoms with van der Waals surface area (Å²) in [5.41, 5.74) is 0. The Balaban J connectivity index is 1.86. The molecule has 0 amide bonds. The van der Waals surface area contributed by atoms with Gasteiger partial charge in [-0.3, -0.25) is 4.90 Å². The SMILES string of the molecule is CC(C)CCOCCNCC(C)N1CCCC1. The third kappa shape index (κ3) is 7.02. The molecule has 0 aromatic carbocycles. The fourth-order valence-corrected chi connectivity index (χ4v) is 2.19. The van der Waals surface area contributed by atoms with E-state index in [9.17, 15) is 0 Å². The van der Waals surface area contributed by atoms with Crippen molar-refractivity contribution >= 4 is 0 Å². The van der Waals surface area contributed by atoms with E-state index in [0.717, 1.165) is 32.2 Å². The summed E-state index contributed by atoms with van der Waals surface area (Å²) in [6, 6.07) is 0.674. The van der Waals surface area contributed by atoms with Crippen LogP contribution in [0.15, 0.2) is 0 Å². The molecule has 1 N–H and O–H groups in total. The summed E-state index contributed by atoms with van der Waals surface area (Å²) in [5, 5.41) is 3.48. The highest BCUT2D eigenvalue weighted by Crippen LogP contribution is 2.10. The standard InChI is InChI=1S/C14H30N2O/c1-13(2)6-10-17-11-7-15-12-14(3)16-8-4-5-9-16/h13-15H,4-12H2,1-3H3. The smallest absolute Gasteiger partial charge is 0.0590 e. The van der Waals surface area contributed by atoms with Crippen molar-refractivity contribution in [2.75, 3.05) is 39.4 Å². The van der Waals surface area contributed by atoms with Crippen LogP contribution in [0.5, 0.6) is 0 Å². The van der Waals surface area contributed by atoms with Gasteiger partial charge in [0.2, 0.25) is 0 Å². The van der Waals surface area contributed by atoms with Crippen LogP contribution in [0, 0.1) is 5.92 Å². The van der Waals surface area contributed by atoms with E-state index >= 15 is 0 Å². The summed E-state index contributed by atoms with van der Waals surface area (Å²) >= 11 is 0. The lowest BCUT2D eigenvalue weighted by molar-refractivity contribution is 0.123. The van der Waals surface area contributed by atoms with Crippen molar-refractivity contribution < 1.29 is 4.74 Å². The Kier molecular flexibility index (Phi) is 7.82. The molecular weight excluding hydrogens is 212 g/mol. The van der Waals surface area contributed by atoms with E-state index in [1.165, 1.54) is 32.4 Å². The van der Waals surface area contributed by atoms with E-state index in [1.54, 1.807) is 0 Å². The van der Waals surface area contributed by atoms with E-state index in [4.69, 9.17) is 4.74 Å². The highest BCUT2D eigenvalue weighted by molar-refractivity contribution is 4.74. The molecule has 0 aromatic heterocycles. The third-order valence-electron chi connectivity index (χ3n) is 3.47. The van der Waals surface area contributed by atoms with Crippen LogP contribution in [-0.2, 0) is 4.74 Å². The van der Waals surface area contributed by atoms with Gasteiger partial charge in [0.25, 0.3) is 0 Å². The minimum Gasteiger partial charge on any atom is -0.380 e. The van der Waals surface area contributed by atoms with Crippen LogP contribution in [0.3, 0.4) is 0 Å². The third-order valence-corrected chi connectivity index (χ3v) is 3.47. The van der Waals surface area contributed by atoms with Gasteiger partial charge in [-0.05, 0) is 45.2 Å². The second kappa shape index (κ2) is 8.90. The van der Waals surface area contributed by atoms with Gasteiger partial charge in [-0.25, -0.2) is 0 Å². The minimum absolute atomic E-state index is 0.674. The number of nitrogens with zero attached hydrogens (tertiary/aromatic N) is 1. The zero-order chi connectivity index (χ0) is 12.5. The lowest BCUT2D eigenvalue weighted by Crippen LogP contribution is -2.39. The molecule has 1 atom stereocenters. The second-order valence-corrected chi connectivity index (χ2v) is 5.59. The Morgan fingerprint density at radius 1 is 1.12 bits per heavy atom. The fourth-order valence-electron chi connectivity index (χ4n) is 2.19. The number of likely N-dealkylation sites (tertiary alicyclic amines) is 1. The van der Waals surface area contributed by atoms with E-state index in [1.807, 2.05) is 0 Å². The predicted octanol–water partition coefficient (Wildman–Crippen LogP) is 2.12. The molecule has 0 saturated carbocycles. The monoisotopic (exact) mass is 242 g/mol. The molecule has 102 valence electrons. The van der Waals surface area contributed by atoms with E-state index in [-0.39, 0.29) is 0 Å². The summed E-state index contributed by atoms with van der Waals surface area (Å²) in [7, 11) is 0. The molecular formula is C14H30N2O. The molecule has 1 heterocycles. The van der Waals surface area contributed by atoms with Crippen molar-refractivity contribution in [1.29, 1.82) is 0 Å². The van der Waals surface area contributed by atoms with Crippen molar-refractivity contribution in [2.45, 2.75) is 46.1 Å². The van der Waals surface area contributed by atoms with Crippen LogP contribution in [0.2, 0.25) is 0 Å². The zero-order valence-electron chi connectivity index (χ0n) is 11.9. The van der Waals surface area contributed by atoms with Gasteiger partial charge in [-0.15, -0.1) is 0 Å². The molecule has 0 aliphatic carbocycles. The molecule has 3 heteroatoms. The lowest BCUT2D eigenvalue weighted by Gasteiger charge is -2.23. The second-order valence-electron chi connectivity index (χ2n) is 5.59. The normalized spacial score (nSPS) is 19.1. The Morgan fingerprint density at radius 2 is 1.82 bits per heavy atom. The number of nitrogens with one attached hydrogen (secondary N) is 1. The van der Waals surface area contributed by atoms with Crippen LogP contribution in [0.1, 0.15) is 40.0 Å². The van der Waals surface area contributed by atoms with Crippen LogP contribution < -0.4 is 5.32 Å². The minimum atomic E-state index is 0.674. The van der Waals surface area contributed by atoms with Crippen molar-refractivity contribution in [2.24, 2.45) is 5.92 Å². The molecule has 17 heavy (non-hydrogen) atoms. The van der Waals surface area contributed by atoms with E-state index < -0.39 is 0 Å². The first-order chi connectivity index (χ1) is 8.20. The number of hydrogen-bond acceptors (Lipinski definition) is 3. The summed E-state index contributed by atoms with van der Waals surface area (Å²) in [4.78, 5) is 2.58. The lowest BCUT2D eigenvalue weighted by atomic mass is 10.1. The molecule has 1 saturated heterocycles. The quantitative estimate of drug-likeness (QED) is 0.627. The first kappa shape index (κ1) is 14.9. The molecule has 0 bridgehead atoms. The highest BCUT2D eigenvalue weighted by atomic mass is 16.5. The first-order valence-corrected chi connectivity index (χ1v) is 7.22. The Bertz CT molecular complexity index is 179. The van der Waals surface area contributed by atoms with Gasteiger partial charge in [-0.1, -0.05) is 13.8 Å². The Labute approximate surface area is 107 Å². The van der Waals surface area contributed by atoms with Gasteiger partial charge in [0.15, 0.2) is 0 Å². The maximum absolute atomic E-state index is 5.58. The van der Waals surface area contributed by atoms with Crippen molar-refractivity contribution in [3.05, 3.63) is 0 Å². The topological polar surface area (TPSA) is 24.5 Å². The average molecular weight is 242 g/mol. The molecule has 1 fully saturated rings. The van der Waals surface area contributed by atoms with Crippen LogP contribution >= 0.6 is 0 Å². The molecule has 1 unspecified atom stereocenters. The van der Waals surface area contributed by atoms with Gasteiger partial charge >= 0.3 is 0 Å². The number of ether oxygens (including phenoxy) is 1. The summed E-state index contributed by atoms with van der Waals surface area (Å²) < 4.78 is 5.58. The Hall–Kier alpha value is -0.120. The maximum atomic E-state index is 5.58. The molecule has 0 spiro atoms. The van der Waals surface area contributed by atoms with E-state index in [0.29, 0.717) is 6.04 Å². The fraction of sp³-hybridized carbons (Fsp3) is 1.00. The van der Waals surface area contributed by atoms with Crippen LogP contribution in [0.4, 0.5) is 0 Å². The van der Waals surface area contributed by atoms with Crippen molar-refractivity contribution in [1.82, 2.24) is 10.2 Å². The maximum Gasteiger partial charge on any atom is 0.0590 e. The summed E-state index contributed by atoms with van der Waals surface area (Å²) in [6.45, 7) is 13.2. The van der Waals surface area contributed by atoms with E-state index in [2.05, 4.69) is 31.0 Å². The summed E-state index contributed by atoms with van der Waals surface area (Å²) in [6.07, 6.45) is 3.93. The molecule has 1 rings (SSSR count). The molecule has 0 aromatic rings. The van der Waals surface area contributed by atoms with Gasteiger partial charge in [0, 0.05) is 25.7 Å².